The topological polar surface area (TPSA) is 195 Å². The molecule has 6 rings (SSSR count). The number of allylic oxidation sites excluding steroid dienone is 1. The van der Waals surface area contributed by atoms with Crippen molar-refractivity contribution in [2.45, 2.75) is 134 Å². The molecule has 8 atom stereocenters. The number of nitrogens with one attached hydrogen (secondary N) is 8. The second kappa shape index (κ2) is 29.0. The van der Waals surface area contributed by atoms with Crippen LogP contribution in [0.5, 0.6) is 0 Å². The van der Waals surface area contributed by atoms with E-state index in [2.05, 4.69) is 189 Å². The summed E-state index contributed by atoms with van der Waals surface area (Å²) in [5.41, 5.74) is 31.0. The van der Waals surface area contributed by atoms with Gasteiger partial charge >= 0.3 is 0 Å². The first-order chi connectivity index (χ1) is 36.8. The van der Waals surface area contributed by atoms with E-state index < -0.39 is 24.2 Å². The first-order valence-electron chi connectivity index (χ1n) is 27.4. The number of fused-ring (bicyclic) bond motifs is 2. The van der Waals surface area contributed by atoms with Crippen molar-refractivity contribution in [3.05, 3.63) is 198 Å². The molecule has 12 nitrogen and oxygen atoms in total. The Morgan fingerprint density at radius 2 is 1.47 bits per heavy atom. The Morgan fingerprint density at radius 1 is 0.779 bits per heavy atom. The third-order valence-electron chi connectivity index (χ3n) is 14.7. The number of H-pyrrole nitrogens is 1. The lowest BCUT2D eigenvalue weighted by Crippen LogP contribution is -2.54. The number of hydrogen-bond donors (Lipinski definition) is 11. The van der Waals surface area contributed by atoms with Crippen LogP contribution < -0.4 is 54.4 Å². The predicted molar refractivity (Wildman–Crippen MR) is 331 cm³/mol. The van der Waals surface area contributed by atoms with Gasteiger partial charge in [0.05, 0.1) is 36.3 Å². The standard InChI is InChI=1S/C63H89N11OS2/c1-38(2)61(41(6)65)72-46(11)60-37-77-76-36-59(68-42(7)54(66)32-49-28-29-50-19-13-14-20-51(50)31-49)45(10)70-58(33-48-26-24-40(5)25-27-48)63(75)74-57(34-52-35-67-56-23-16-15-21-53(52)56)44(9)69-55(22-17-18-30-64)43(8)73-62(39(3)4)47(12)71-60/h13-15,19-21,24-29,31,35,38-39,54-55,57-62,67-73H,6-12,16-18,22-23,30,32-34,36-37,64-66H2,1-5H3,(H,74,75)/t54-,55?,57+,58?,59-,60-,61?,62?/m1/s1. The van der Waals surface area contributed by atoms with Crippen molar-refractivity contribution >= 4 is 44.3 Å². The van der Waals surface area contributed by atoms with Crippen molar-refractivity contribution in [3.8, 4) is 0 Å². The summed E-state index contributed by atoms with van der Waals surface area (Å²) in [6.07, 6.45) is 12.3. The summed E-state index contributed by atoms with van der Waals surface area (Å²) >= 11 is 0. The molecule has 0 spiro atoms. The third-order valence-corrected chi connectivity index (χ3v) is 17.1. The molecule has 1 aliphatic heterocycles. The van der Waals surface area contributed by atoms with E-state index in [9.17, 15) is 0 Å². The summed E-state index contributed by atoms with van der Waals surface area (Å²) in [6.45, 7) is 43.1. The summed E-state index contributed by atoms with van der Waals surface area (Å²) in [5, 5.41) is 28.2. The van der Waals surface area contributed by atoms with E-state index in [1.165, 1.54) is 11.1 Å². The molecule has 2 aliphatic rings. The maximum absolute atomic E-state index is 15.3. The van der Waals surface area contributed by atoms with Gasteiger partial charge in [-0.15, -0.1) is 0 Å². The lowest BCUT2D eigenvalue weighted by Gasteiger charge is -2.36. The quantitative estimate of drug-likeness (QED) is 0.0315. The number of unbranched alkanes of at least 4 members (excludes halogenated alkanes) is 1. The zero-order valence-electron chi connectivity index (χ0n) is 46.5. The first-order valence-corrected chi connectivity index (χ1v) is 29.9. The van der Waals surface area contributed by atoms with Crippen LogP contribution in [0.15, 0.2) is 165 Å². The van der Waals surface area contributed by atoms with Crippen molar-refractivity contribution in [1.29, 1.82) is 0 Å². The van der Waals surface area contributed by atoms with Gasteiger partial charge in [0.25, 0.3) is 0 Å². The summed E-state index contributed by atoms with van der Waals surface area (Å²) in [4.78, 5) is 18.8. The Labute approximate surface area is 468 Å². The average Bonchev–Trinajstić information content (AvgIpc) is 3.81. The highest BCUT2D eigenvalue weighted by Gasteiger charge is 2.31. The van der Waals surface area contributed by atoms with Crippen LogP contribution in [0.4, 0.5) is 0 Å². The van der Waals surface area contributed by atoms with E-state index in [4.69, 9.17) is 23.8 Å². The molecule has 2 heterocycles. The molecule has 1 fully saturated rings. The minimum atomic E-state index is -0.725. The number of amides is 1. The van der Waals surface area contributed by atoms with Crippen molar-refractivity contribution in [2.24, 2.45) is 29.0 Å². The Balaban J connectivity index is 1.39. The minimum Gasteiger partial charge on any atom is -0.401 e. The molecule has 414 valence electrons. The summed E-state index contributed by atoms with van der Waals surface area (Å²) in [6, 6.07) is 20.1. The second-order valence-electron chi connectivity index (χ2n) is 21.7. The predicted octanol–water partition coefficient (Wildman–Crippen LogP) is 9.42. The molecule has 1 aliphatic carbocycles. The summed E-state index contributed by atoms with van der Waals surface area (Å²) in [7, 11) is 3.39. The van der Waals surface area contributed by atoms with E-state index in [-0.39, 0.29) is 41.9 Å². The molecule has 0 saturated carbocycles. The lowest BCUT2D eigenvalue weighted by molar-refractivity contribution is -0.123. The van der Waals surface area contributed by atoms with Gasteiger partial charge in [-0.3, -0.25) is 4.79 Å². The molecule has 1 saturated heterocycles. The normalized spacial score (nSPS) is 21.9. The van der Waals surface area contributed by atoms with Gasteiger partial charge < -0.3 is 59.4 Å². The maximum atomic E-state index is 15.3. The van der Waals surface area contributed by atoms with Crippen molar-refractivity contribution in [1.82, 2.24) is 42.2 Å². The monoisotopic (exact) mass is 1080 g/mol. The zero-order valence-corrected chi connectivity index (χ0v) is 48.2. The van der Waals surface area contributed by atoms with Gasteiger partial charge in [0.1, 0.15) is 6.04 Å². The summed E-state index contributed by atoms with van der Waals surface area (Å²) < 4.78 is 0. The number of benzene rings is 3. The number of carbonyl (C=O) groups is 1. The van der Waals surface area contributed by atoms with Crippen LogP contribution in [0.25, 0.3) is 16.8 Å². The number of hydrogen-bond acceptors (Lipinski definition) is 12. The maximum Gasteiger partial charge on any atom is 0.243 e. The van der Waals surface area contributed by atoms with Gasteiger partial charge in [-0.2, -0.15) is 0 Å². The molecule has 3 aromatic carbocycles. The zero-order chi connectivity index (χ0) is 55.8. The molecule has 14 heteroatoms. The number of aromatic nitrogens is 1. The SMILES string of the molecule is C=C1NC(C(C)C)C(=C)N[C@@H](C(=C)NC(C(=C)N)C(C)C)CSSC[C@@H](NC(=C)[C@H](N)Cc2ccc3ccccc3c2)C(=C)NC(Cc2ccc(C)cc2)C(=O)N[C@@H](Cc2c[nH]c3c2C=CCC3)C(=C)NC1CCCCN. The second-order valence-corrected chi connectivity index (χ2v) is 24.2. The largest absolute Gasteiger partial charge is 0.401 e. The molecule has 0 radical (unpaired) electrons. The van der Waals surface area contributed by atoms with Gasteiger partial charge in [0.15, 0.2) is 0 Å². The van der Waals surface area contributed by atoms with Crippen LogP contribution in [-0.2, 0) is 30.5 Å². The fourth-order valence-corrected chi connectivity index (χ4v) is 12.4. The first kappa shape index (κ1) is 60.0. The van der Waals surface area contributed by atoms with Gasteiger partial charge in [-0.1, -0.05) is 180 Å². The van der Waals surface area contributed by atoms with E-state index in [1.807, 2.05) is 12.1 Å². The fourth-order valence-electron chi connectivity index (χ4n) is 9.96. The Bertz CT molecular complexity index is 2740. The fraction of sp³-hybridized carbons (Fsp3) is 0.413. The Kier molecular flexibility index (Phi) is 22.6. The molecule has 4 aromatic rings. The van der Waals surface area contributed by atoms with E-state index in [0.717, 1.165) is 82.4 Å². The Morgan fingerprint density at radius 3 is 2.17 bits per heavy atom. The molecule has 0 bridgehead atoms. The number of aromatic amines is 1. The summed E-state index contributed by atoms with van der Waals surface area (Å²) in [5.74, 6) is 1.26. The third kappa shape index (κ3) is 17.4. The molecule has 14 N–H and O–H groups in total. The highest BCUT2D eigenvalue weighted by Crippen LogP contribution is 2.29. The highest BCUT2D eigenvalue weighted by atomic mass is 33.1. The molecular weight excluding hydrogens is 991 g/mol. The van der Waals surface area contributed by atoms with Crippen molar-refractivity contribution in [3.63, 3.8) is 0 Å². The number of nitrogens with two attached hydrogens (primary N) is 3. The number of aryl methyl sites for hydroxylation is 2. The van der Waals surface area contributed by atoms with E-state index >= 15 is 4.79 Å². The van der Waals surface area contributed by atoms with Crippen molar-refractivity contribution < 1.29 is 4.79 Å². The van der Waals surface area contributed by atoms with Crippen LogP contribution in [0.2, 0.25) is 0 Å². The smallest absolute Gasteiger partial charge is 0.243 e. The number of carbonyl (C=O) groups excluding carboxylic acids is 1. The van der Waals surface area contributed by atoms with E-state index in [1.54, 1.807) is 21.6 Å². The average molecular weight is 1080 g/mol. The van der Waals surface area contributed by atoms with Gasteiger partial charge in [-0.25, -0.2) is 0 Å². The van der Waals surface area contributed by atoms with Crippen LogP contribution in [0.1, 0.15) is 86.9 Å². The minimum absolute atomic E-state index is 0.116. The van der Waals surface area contributed by atoms with Crippen LogP contribution >= 0.6 is 21.6 Å². The highest BCUT2D eigenvalue weighted by molar-refractivity contribution is 8.76. The van der Waals surface area contributed by atoms with Crippen LogP contribution in [0.3, 0.4) is 0 Å². The van der Waals surface area contributed by atoms with Crippen LogP contribution in [0, 0.1) is 18.8 Å². The molecular formula is C63H89N11OS2. The number of rotatable bonds is 19. The molecule has 1 amide bonds. The van der Waals surface area contributed by atoms with Crippen LogP contribution in [-0.4, -0.2) is 77.3 Å². The molecule has 1 aromatic heterocycles. The van der Waals surface area contributed by atoms with Crippen molar-refractivity contribution in [2.75, 3.05) is 18.1 Å². The van der Waals surface area contributed by atoms with E-state index in [0.29, 0.717) is 60.1 Å². The molecule has 4 unspecified atom stereocenters. The van der Waals surface area contributed by atoms with Gasteiger partial charge in [-0.05, 0) is 96.9 Å². The molecule has 77 heavy (non-hydrogen) atoms. The Hall–Kier alpha value is -6.19. The lowest BCUT2D eigenvalue weighted by atomic mass is 9.95. The van der Waals surface area contributed by atoms with Gasteiger partial charge in [0, 0.05) is 82.2 Å². The van der Waals surface area contributed by atoms with Gasteiger partial charge in [0.2, 0.25) is 5.91 Å².